The van der Waals surface area contributed by atoms with Crippen LogP contribution in [0.5, 0.6) is 0 Å². The van der Waals surface area contributed by atoms with Crippen LogP contribution in [0.25, 0.3) is 0 Å². The van der Waals surface area contributed by atoms with Gasteiger partial charge in [-0.3, -0.25) is 9.63 Å². The highest BCUT2D eigenvalue weighted by atomic mass is 16.6. The molecule has 1 amide bonds. The molecule has 1 N–H and O–H groups in total. The first kappa shape index (κ1) is 38.2. The number of unbranched alkanes of at least 4 members (excludes halogenated alkanes) is 26. The topological polar surface area (TPSA) is 38.3 Å². The molecule has 39 heavy (non-hydrogen) atoms. The molecule has 0 atom stereocenters. The molecule has 0 aliphatic heterocycles. The van der Waals surface area contributed by atoms with Gasteiger partial charge >= 0.3 is 0 Å². The van der Waals surface area contributed by atoms with E-state index in [0.29, 0.717) is 13.0 Å². The molecule has 232 valence electrons. The zero-order valence-corrected chi connectivity index (χ0v) is 26.9. The third-order valence-electron chi connectivity index (χ3n) is 7.95. The van der Waals surface area contributed by atoms with Crippen molar-refractivity contribution in [3.63, 3.8) is 0 Å². The maximum Gasteiger partial charge on any atom is 0.243 e. The molecule has 0 unspecified atom stereocenters. The number of hydrogen-bond acceptors (Lipinski definition) is 2. The van der Waals surface area contributed by atoms with Crippen LogP contribution in [0.3, 0.4) is 0 Å². The van der Waals surface area contributed by atoms with Crippen molar-refractivity contribution in [1.29, 1.82) is 0 Å². The Kier molecular flexibility index (Phi) is 34.4. The molecule has 0 radical (unpaired) electrons. The summed E-state index contributed by atoms with van der Waals surface area (Å²) in [4.78, 5) is 17.3. The Morgan fingerprint density at radius 1 is 0.462 bits per heavy atom. The van der Waals surface area contributed by atoms with Gasteiger partial charge < -0.3 is 0 Å². The average Bonchev–Trinajstić information content (AvgIpc) is 2.94. The van der Waals surface area contributed by atoms with E-state index in [1.165, 1.54) is 173 Å². The predicted octanol–water partition coefficient (Wildman–Crippen LogP) is 12.3. The molecule has 0 saturated carbocycles. The summed E-state index contributed by atoms with van der Waals surface area (Å²) in [6, 6.07) is 0. The lowest BCUT2D eigenvalue weighted by Crippen LogP contribution is -2.23. The lowest BCUT2D eigenvalue weighted by Gasteiger charge is -2.06. The minimum Gasteiger partial charge on any atom is -0.274 e. The van der Waals surface area contributed by atoms with Gasteiger partial charge in [0.05, 0.1) is 6.61 Å². The first-order chi connectivity index (χ1) is 19.3. The number of rotatable bonds is 33. The largest absolute Gasteiger partial charge is 0.274 e. The number of amides is 1. The van der Waals surface area contributed by atoms with Crippen LogP contribution in [0.2, 0.25) is 0 Å². The van der Waals surface area contributed by atoms with Gasteiger partial charge in [0.2, 0.25) is 5.91 Å². The number of hydrogen-bond donors (Lipinski definition) is 1. The van der Waals surface area contributed by atoms with E-state index in [-0.39, 0.29) is 5.91 Å². The van der Waals surface area contributed by atoms with E-state index >= 15 is 0 Å². The van der Waals surface area contributed by atoms with E-state index in [2.05, 4.69) is 31.5 Å². The second-order valence-electron chi connectivity index (χ2n) is 12.0. The highest BCUT2D eigenvalue weighted by Gasteiger charge is 2.01. The summed E-state index contributed by atoms with van der Waals surface area (Å²) in [6.45, 7) is 5.21. The minimum absolute atomic E-state index is 0.0502. The van der Waals surface area contributed by atoms with Crippen LogP contribution in [0.1, 0.15) is 206 Å². The zero-order valence-electron chi connectivity index (χ0n) is 26.9. The predicted molar refractivity (Wildman–Crippen MR) is 173 cm³/mol. The molecule has 0 fully saturated rings. The summed E-state index contributed by atoms with van der Waals surface area (Å²) in [7, 11) is 0. The number of carbonyl (C=O) groups is 1. The van der Waals surface area contributed by atoms with Gasteiger partial charge in [-0.2, -0.15) is 0 Å². The average molecular weight is 550 g/mol. The second-order valence-corrected chi connectivity index (χ2v) is 12.0. The summed E-state index contributed by atoms with van der Waals surface area (Å²) < 4.78 is 0. The molecule has 0 aliphatic rings. The van der Waals surface area contributed by atoms with Crippen molar-refractivity contribution in [3.05, 3.63) is 12.2 Å². The molecule has 0 bridgehead atoms. The van der Waals surface area contributed by atoms with E-state index in [4.69, 9.17) is 4.84 Å². The van der Waals surface area contributed by atoms with Gasteiger partial charge in [-0.25, -0.2) is 5.48 Å². The fourth-order valence-corrected chi connectivity index (χ4v) is 5.26. The maximum absolute atomic E-state index is 11.9. The molecular formula is C36H71NO2. The molecule has 0 aromatic carbocycles. The van der Waals surface area contributed by atoms with Gasteiger partial charge in [0.25, 0.3) is 0 Å². The quantitative estimate of drug-likeness (QED) is 0.0502. The molecule has 0 saturated heterocycles. The Labute approximate surface area is 246 Å². The molecule has 0 aromatic heterocycles. The van der Waals surface area contributed by atoms with Gasteiger partial charge in [-0.1, -0.05) is 174 Å². The van der Waals surface area contributed by atoms with Crippen molar-refractivity contribution in [3.8, 4) is 0 Å². The van der Waals surface area contributed by atoms with Crippen molar-refractivity contribution in [2.45, 2.75) is 206 Å². The van der Waals surface area contributed by atoms with Gasteiger partial charge in [0.15, 0.2) is 0 Å². The highest BCUT2D eigenvalue weighted by molar-refractivity contribution is 5.74. The standard InChI is InChI=1S/C36H71NO2/c1-3-5-7-9-11-13-15-17-19-21-23-25-27-29-31-33-35-39-37-36(38)34-32-30-28-26-24-22-20-18-16-14-12-10-8-6-4-2/h17,19H,3-16,18,20-35H2,1-2H3,(H,37,38)/b19-17-. The van der Waals surface area contributed by atoms with E-state index in [1.54, 1.807) is 0 Å². The molecule has 3 heteroatoms. The molecule has 0 rings (SSSR count). The number of nitrogens with one attached hydrogen (secondary N) is 1. The Bertz CT molecular complexity index is 490. The third-order valence-corrected chi connectivity index (χ3v) is 7.95. The summed E-state index contributed by atoms with van der Waals surface area (Å²) in [6.07, 6.45) is 44.0. The normalized spacial score (nSPS) is 11.5. The van der Waals surface area contributed by atoms with E-state index in [9.17, 15) is 4.79 Å². The monoisotopic (exact) mass is 550 g/mol. The first-order valence-corrected chi connectivity index (χ1v) is 17.9. The molecule has 0 aliphatic carbocycles. The van der Waals surface area contributed by atoms with E-state index in [1.807, 2.05) is 0 Å². The minimum atomic E-state index is 0.0502. The molecule has 0 aromatic rings. The summed E-state index contributed by atoms with van der Waals surface area (Å²) >= 11 is 0. The molecule has 0 heterocycles. The number of carbonyl (C=O) groups excluding carboxylic acids is 1. The molecular weight excluding hydrogens is 478 g/mol. The van der Waals surface area contributed by atoms with Gasteiger partial charge in [0, 0.05) is 6.42 Å². The fraction of sp³-hybridized carbons (Fsp3) is 0.917. The van der Waals surface area contributed by atoms with Crippen LogP contribution in [0.15, 0.2) is 12.2 Å². The van der Waals surface area contributed by atoms with Gasteiger partial charge in [0.1, 0.15) is 0 Å². The van der Waals surface area contributed by atoms with Crippen LogP contribution < -0.4 is 5.48 Å². The molecule has 0 spiro atoms. The Hall–Kier alpha value is -0.830. The first-order valence-electron chi connectivity index (χ1n) is 17.9. The fourth-order valence-electron chi connectivity index (χ4n) is 5.26. The SMILES string of the molecule is CCCCCCCC/C=C\CCCCCCCCONC(=O)CCCCCCCCCCCCCCCCC. The number of hydroxylamine groups is 1. The maximum atomic E-state index is 11.9. The smallest absolute Gasteiger partial charge is 0.243 e. The van der Waals surface area contributed by atoms with Crippen LogP contribution in [0, 0.1) is 0 Å². The molecule has 3 nitrogen and oxygen atoms in total. The highest BCUT2D eigenvalue weighted by Crippen LogP contribution is 2.14. The van der Waals surface area contributed by atoms with Crippen LogP contribution in [0.4, 0.5) is 0 Å². The van der Waals surface area contributed by atoms with E-state index < -0.39 is 0 Å². The Morgan fingerprint density at radius 2 is 0.795 bits per heavy atom. The van der Waals surface area contributed by atoms with Crippen molar-refractivity contribution in [2.24, 2.45) is 0 Å². The van der Waals surface area contributed by atoms with Gasteiger partial charge in [-0.05, 0) is 38.5 Å². The van der Waals surface area contributed by atoms with Crippen molar-refractivity contribution in [2.75, 3.05) is 6.61 Å². The van der Waals surface area contributed by atoms with Crippen LogP contribution >= 0.6 is 0 Å². The van der Waals surface area contributed by atoms with Crippen LogP contribution in [-0.2, 0) is 9.63 Å². The van der Waals surface area contributed by atoms with Crippen molar-refractivity contribution in [1.82, 2.24) is 5.48 Å². The Balaban J connectivity index is 3.18. The number of allylic oxidation sites excluding steroid dienone is 2. The summed E-state index contributed by atoms with van der Waals surface area (Å²) in [5.74, 6) is 0.0502. The third kappa shape index (κ3) is 35.1. The Morgan fingerprint density at radius 3 is 1.21 bits per heavy atom. The lowest BCUT2D eigenvalue weighted by atomic mass is 10.0. The summed E-state index contributed by atoms with van der Waals surface area (Å²) in [5.41, 5.74) is 2.64. The van der Waals surface area contributed by atoms with E-state index in [0.717, 1.165) is 12.8 Å². The summed E-state index contributed by atoms with van der Waals surface area (Å²) in [5, 5.41) is 0. The second kappa shape index (κ2) is 35.2. The van der Waals surface area contributed by atoms with Crippen molar-refractivity contribution < 1.29 is 9.63 Å². The van der Waals surface area contributed by atoms with Gasteiger partial charge in [-0.15, -0.1) is 0 Å². The van der Waals surface area contributed by atoms with Crippen LogP contribution in [-0.4, -0.2) is 12.5 Å². The zero-order chi connectivity index (χ0) is 28.3. The van der Waals surface area contributed by atoms with Crippen molar-refractivity contribution >= 4 is 5.91 Å². The lowest BCUT2D eigenvalue weighted by molar-refractivity contribution is -0.133.